The Labute approximate surface area is 113 Å². The van der Waals surface area contributed by atoms with Crippen LogP contribution in [0.25, 0.3) is 0 Å². The van der Waals surface area contributed by atoms with Crippen LogP contribution < -0.4 is 4.90 Å². The highest BCUT2D eigenvalue weighted by atomic mass is 35.5. The van der Waals surface area contributed by atoms with Crippen LogP contribution in [0.2, 0.25) is 0 Å². The summed E-state index contributed by atoms with van der Waals surface area (Å²) in [5.74, 6) is 0.615. The van der Waals surface area contributed by atoms with E-state index in [-0.39, 0.29) is 12.4 Å². The molecule has 0 amide bonds. The van der Waals surface area contributed by atoms with Crippen molar-refractivity contribution in [2.45, 2.75) is 0 Å². The molecule has 0 aliphatic heterocycles. The Hall–Kier alpha value is -1.18. The highest BCUT2D eigenvalue weighted by Gasteiger charge is 2.06. The Bertz CT molecular complexity index is 377. The summed E-state index contributed by atoms with van der Waals surface area (Å²) >= 11 is 5.85. The van der Waals surface area contributed by atoms with Crippen molar-refractivity contribution in [3.8, 4) is 0 Å². The Morgan fingerprint density at radius 3 is 1.53 bits per heavy atom. The van der Waals surface area contributed by atoms with E-state index in [1.165, 1.54) is 11.4 Å². The first-order chi connectivity index (χ1) is 7.92. The second-order valence-corrected chi connectivity index (χ2v) is 3.89. The van der Waals surface area contributed by atoms with Gasteiger partial charge in [-0.3, -0.25) is 0 Å². The maximum atomic E-state index is 5.85. The SMILES string of the molecule is Cl.ClCCN(c1ccccc1)c1ccccc1. The van der Waals surface area contributed by atoms with Crippen LogP contribution in [0.1, 0.15) is 0 Å². The summed E-state index contributed by atoms with van der Waals surface area (Å²) in [5.41, 5.74) is 2.35. The van der Waals surface area contributed by atoms with Gasteiger partial charge in [0.1, 0.15) is 0 Å². The van der Waals surface area contributed by atoms with E-state index in [9.17, 15) is 0 Å². The average molecular weight is 268 g/mol. The molecule has 1 nitrogen and oxygen atoms in total. The molecule has 0 spiro atoms. The van der Waals surface area contributed by atoms with Crippen LogP contribution in [-0.2, 0) is 0 Å². The lowest BCUT2D eigenvalue weighted by molar-refractivity contribution is 1.03. The lowest BCUT2D eigenvalue weighted by atomic mass is 10.2. The number of benzene rings is 2. The van der Waals surface area contributed by atoms with Crippen LogP contribution in [0, 0.1) is 0 Å². The first kappa shape index (κ1) is 13.9. The largest absolute Gasteiger partial charge is 0.340 e. The van der Waals surface area contributed by atoms with Gasteiger partial charge in [0.05, 0.1) is 0 Å². The van der Waals surface area contributed by atoms with Crippen LogP contribution in [0.5, 0.6) is 0 Å². The third-order valence-corrected chi connectivity index (χ3v) is 2.61. The summed E-state index contributed by atoms with van der Waals surface area (Å²) in [4.78, 5) is 2.22. The summed E-state index contributed by atoms with van der Waals surface area (Å²) < 4.78 is 0. The molecule has 0 bridgehead atoms. The molecule has 0 saturated carbocycles. The molecule has 0 fully saturated rings. The molecule has 0 radical (unpaired) electrons. The molecule has 0 aliphatic rings. The zero-order chi connectivity index (χ0) is 11.2. The molecule has 0 atom stereocenters. The standard InChI is InChI=1S/C14H14ClN.ClH/c15-11-12-16(13-7-3-1-4-8-13)14-9-5-2-6-10-14;/h1-10H,11-12H2;1H. The summed E-state index contributed by atoms with van der Waals surface area (Å²) in [6.07, 6.45) is 0. The summed E-state index contributed by atoms with van der Waals surface area (Å²) in [6, 6.07) is 20.6. The Morgan fingerprint density at radius 2 is 1.18 bits per heavy atom. The number of nitrogens with zero attached hydrogens (tertiary/aromatic N) is 1. The Balaban J connectivity index is 0.00000144. The van der Waals surface area contributed by atoms with Gasteiger partial charge in [0.25, 0.3) is 0 Å². The minimum absolute atomic E-state index is 0. The molecular weight excluding hydrogens is 253 g/mol. The molecule has 2 aromatic carbocycles. The van der Waals surface area contributed by atoms with Crippen molar-refractivity contribution in [1.82, 2.24) is 0 Å². The number of hydrogen-bond donors (Lipinski definition) is 0. The predicted molar refractivity (Wildman–Crippen MR) is 77.9 cm³/mol. The van der Waals surface area contributed by atoms with Crippen molar-refractivity contribution in [3.05, 3.63) is 60.7 Å². The maximum Gasteiger partial charge on any atom is 0.0411 e. The zero-order valence-corrected chi connectivity index (χ0v) is 11.0. The van der Waals surface area contributed by atoms with Gasteiger partial charge < -0.3 is 4.90 Å². The number of halogens is 2. The van der Waals surface area contributed by atoms with Crippen molar-refractivity contribution in [2.24, 2.45) is 0 Å². The van der Waals surface area contributed by atoms with Gasteiger partial charge in [0, 0.05) is 23.8 Å². The van der Waals surface area contributed by atoms with Crippen molar-refractivity contribution < 1.29 is 0 Å². The van der Waals surface area contributed by atoms with Gasteiger partial charge >= 0.3 is 0 Å². The number of anilines is 2. The van der Waals surface area contributed by atoms with Crippen LogP contribution in [0.3, 0.4) is 0 Å². The van der Waals surface area contributed by atoms with E-state index < -0.39 is 0 Å². The Morgan fingerprint density at radius 1 is 0.765 bits per heavy atom. The third-order valence-electron chi connectivity index (χ3n) is 2.44. The number of hydrogen-bond acceptors (Lipinski definition) is 1. The van der Waals surface area contributed by atoms with E-state index >= 15 is 0 Å². The molecule has 17 heavy (non-hydrogen) atoms. The number of alkyl halides is 1. The normalized spacial score (nSPS) is 9.47. The van der Waals surface area contributed by atoms with E-state index in [4.69, 9.17) is 11.6 Å². The van der Waals surface area contributed by atoms with E-state index in [2.05, 4.69) is 29.2 Å². The molecular formula is C14H15Cl2N. The highest BCUT2D eigenvalue weighted by molar-refractivity contribution is 6.18. The molecule has 2 rings (SSSR count). The average Bonchev–Trinajstić information content (AvgIpc) is 2.38. The van der Waals surface area contributed by atoms with Gasteiger partial charge in [-0.25, -0.2) is 0 Å². The predicted octanol–water partition coefficient (Wildman–Crippen LogP) is 4.49. The molecule has 0 aromatic heterocycles. The number of para-hydroxylation sites is 2. The molecule has 0 N–H and O–H groups in total. The first-order valence-corrected chi connectivity index (χ1v) is 5.89. The lowest BCUT2D eigenvalue weighted by Crippen LogP contribution is -2.19. The topological polar surface area (TPSA) is 3.24 Å². The molecule has 0 aliphatic carbocycles. The van der Waals surface area contributed by atoms with Gasteiger partial charge in [0.2, 0.25) is 0 Å². The van der Waals surface area contributed by atoms with E-state index in [1.807, 2.05) is 36.4 Å². The molecule has 90 valence electrons. The molecule has 0 heterocycles. The Kier molecular flexibility index (Phi) is 5.88. The molecule has 2 aromatic rings. The van der Waals surface area contributed by atoms with Crippen LogP contribution in [-0.4, -0.2) is 12.4 Å². The monoisotopic (exact) mass is 267 g/mol. The number of rotatable bonds is 4. The fraction of sp³-hybridized carbons (Fsp3) is 0.143. The quantitative estimate of drug-likeness (QED) is 0.739. The van der Waals surface area contributed by atoms with Crippen LogP contribution in [0.4, 0.5) is 11.4 Å². The minimum Gasteiger partial charge on any atom is -0.340 e. The van der Waals surface area contributed by atoms with E-state index in [0.717, 1.165) is 6.54 Å². The fourth-order valence-electron chi connectivity index (χ4n) is 1.71. The molecule has 0 saturated heterocycles. The van der Waals surface area contributed by atoms with Crippen molar-refractivity contribution in [1.29, 1.82) is 0 Å². The fourth-order valence-corrected chi connectivity index (χ4v) is 1.88. The van der Waals surface area contributed by atoms with E-state index in [1.54, 1.807) is 0 Å². The maximum absolute atomic E-state index is 5.85. The lowest BCUT2D eigenvalue weighted by Gasteiger charge is -2.23. The van der Waals surface area contributed by atoms with Crippen LogP contribution in [0.15, 0.2) is 60.7 Å². The first-order valence-electron chi connectivity index (χ1n) is 5.35. The smallest absolute Gasteiger partial charge is 0.0411 e. The van der Waals surface area contributed by atoms with Crippen LogP contribution >= 0.6 is 24.0 Å². The second-order valence-electron chi connectivity index (χ2n) is 3.51. The van der Waals surface area contributed by atoms with Crippen molar-refractivity contribution >= 4 is 35.4 Å². The summed E-state index contributed by atoms with van der Waals surface area (Å²) in [6.45, 7) is 0.815. The second kappa shape index (κ2) is 7.21. The molecule has 0 unspecified atom stereocenters. The minimum atomic E-state index is 0. The van der Waals surface area contributed by atoms with Gasteiger partial charge in [-0.1, -0.05) is 36.4 Å². The van der Waals surface area contributed by atoms with Gasteiger partial charge in [0.15, 0.2) is 0 Å². The van der Waals surface area contributed by atoms with Gasteiger partial charge in [-0.15, -0.1) is 24.0 Å². The third kappa shape index (κ3) is 3.65. The van der Waals surface area contributed by atoms with Crippen molar-refractivity contribution in [2.75, 3.05) is 17.3 Å². The zero-order valence-electron chi connectivity index (χ0n) is 9.42. The molecule has 3 heteroatoms. The summed E-state index contributed by atoms with van der Waals surface area (Å²) in [7, 11) is 0. The van der Waals surface area contributed by atoms with Crippen molar-refractivity contribution in [3.63, 3.8) is 0 Å². The van der Waals surface area contributed by atoms with Gasteiger partial charge in [-0.2, -0.15) is 0 Å². The van der Waals surface area contributed by atoms with E-state index in [0.29, 0.717) is 5.88 Å². The van der Waals surface area contributed by atoms with Gasteiger partial charge in [-0.05, 0) is 24.3 Å². The summed E-state index contributed by atoms with van der Waals surface area (Å²) in [5, 5.41) is 0. The highest BCUT2D eigenvalue weighted by Crippen LogP contribution is 2.24.